The Bertz CT molecular complexity index is 1060. The number of aliphatic imine (C=N–C) groups is 1. The highest BCUT2D eigenvalue weighted by Gasteiger charge is 2.32. The SMILES string of the molecule is CCOc1ccc(/C=C2\SC(=Nc3ccc(N4CCCCC4)cc3)N(CC)C2=O)cc1OCC. The molecule has 6 nitrogen and oxygen atoms in total. The molecule has 0 aromatic heterocycles. The number of amidine groups is 1. The number of likely N-dealkylation sites (N-methyl/N-ethyl adjacent to an activating group) is 1. The van der Waals surface area contributed by atoms with E-state index in [9.17, 15) is 4.79 Å². The van der Waals surface area contributed by atoms with Gasteiger partial charge >= 0.3 is 0 Å². The Balaban J connectivity index is 1.55. The summed E-state index contributed by atoms with van der Waals surface area (Å²) in [5.41, 5.74) is 2.99. The Kier molecular flexibility index (Phi) is 8.16. The number of anilines is 1. The Morgan fingerprint density at radius 2 is 1.65 bits per heavy atom. The van der Waals surface area contributed by atoms with Crippen molar-refractivity contribution in [2.24, 2.45) is 4.99 Å². The number of carbonyl (C=O) groups excluding carboxylic acids is 1. The van der Waals surface area contributed by atoms with E-state index in [1.54, 1.807) is 4.90 Å². The number of carbonyl (C=O) groups is 1. The lowest BCUT2D eigenvalue weighted by Crippen LogP contribution is -2.29. The maximum absolute atomic E-state index is 13.1. The van der Waals surface area contributed by atoms with E-state index in [0.717, 1.165) is 24.3 Å². The van der Waals surface area contributed by atoms with E-state index in [-0.39, 0.29) is 5.91 Å². The highest BCUT2D eigenvalue weighted by molar-refractivity contribution is 8.18. The van der Waals surface area contributed by atoms with Crippen molar-refractivity contribution in [3.8, 4) is 11.5 Å². The molecule has 2 fully saturated rings. The number of rotatable bonds is 8. The van der Waals surface area contributed by atoms with E-state index < -0.39 is 0 Å². The van der Waals surface area contributed by atoms with Crippen LogP contribution in [0.1, 0.15) is 45.6 Å². The van der Waals surface area contributed by atoms with Crippen molar-refractivity contribution < 1.29 is 14.3 Å². The second-order valence-corrected chi connectivity index (χ2v) is 9.20. The molecule has 0 radical (unpaired) electrons. The predicted octanol–water partition coefficient (Wildman–Crippen LogP) is 6.10. The van der Waals surface area contributed by atoms with Gasteiger partial charge in [0.05, 0.1) is 23.8 Å². The van der Waals surface area contributed by atoms with Crippen molar-refractivity contribution in [3.63, 3.8) is 0 Å². The van der Waals surface area contributed by atoms with Gasteiger partial charge in [-0.2, -0.15) is 0 Å². The summed E-state index contributed by atoms with van der Waals surface area (Å²) in [7, 11) is 0. The van der Waals surface area contributed by atoms with Gasteiger partial charge in [-0.25, -0.2) is 4.99 Å². The van der Waals surface area contributed by atoms with Crippen LogP contribution in [0.3, 0.4) is 0 Å². The molecule has 0 bridgehead atoms. The quantitative estimate of drug-likeness (QED) is 0.428. The second kappa shape index (κ2) is 11.5. The first-order valence-corrected chi connectivity index (χ1v) is 13.0. The van der Waals surface area contributed by atoms with Gasteiger partial charge in [0.15, 0.2) is 16.7 Å². The maximum atomic E-state index is 13.1. The van der Waals surface area contributed by atoms with Crippen LogP contribution in [0, 0.1) is 0 Å². The summed E-state index contributed by atoms with van der Waals surface area (Å²) in [4.78, 5) is 22.7. The summed E-state index contributed by atoms with van der Waals surface area (Å²) in [5, 5.41) is 0.709. The third kappa shape index (κ3) is 5.58. The predicted molar refractivity (Wildman–Crippen MR) is 141 cm³/mol. The third-order valence-electron chi connectivity index (χ3n) is 5.87. The number of nitrogens with zero attached hydrogens (tertiary/aromatic N) is 3. The summed E-state index contributed by atoms with van der Waals surface area (Å²) in [6.07, 6.45) is 5.73. The van der Waals surface area contributed by atoms with Crippen molar-refractivity contribution in [2.45, 2.75) is 40.0 Å². The highest BCUT2D eigenvalue weighted by Crippen LogP contribution is 2.36. The van der Waals surface area contributed by atoms with Crippen molar-refractivity contribution in [1.82, 2.24) is 4.90 Å². The molecule has 2 aliphatic rings. The number of thioether (sulfide) groups is 1. The van der Waals surface area contributed by atoms with Gasteiger partial charge in [0.2, 0.25) is 0 Å². The molecule has 7 heteroatoms. The molecular formula is C27H33N3O3S. The average molecular weight is 480 g/mol. The molecule has 0 spiro atoms. The average Bonchev–Trinajstić information content (AvgIpc) is 3.15. The van der Waals surface area contributed by atoms with E-state index in [1.807, 2.05) is 57.2 Å². The van der Waals surface area contributed by atoms with Crippen LogP contribution >= 0.6 is 11.8 Å². The summed E-state index contributed by atoms with van der Waals surface area (Å²) in [5.74, 6) is 1.37. The normalized spacial score (nSPS) is 18.7. The fourth-order valence-electron chi connectivity index (χ4n) is 4.18. The van der Waals surface area contributed by atoms with Gasteiger partial charge in [0.25, 0.3) is 5.91 Å². The molecule has 180 valence electrons. The summed E-state index contributed by atoms with van der Waals surface area (Å²) in [6, 6.07) is 14.1. The molecule has 34 heavy (non-hydrogen) atoms. The second-order valence-electron chi connectivity index (χ2n) is 8.19. The lowest BCUT2D eigenvalue weighted by Gasteiger charge is -2.28. The molecule has 4 rings (SSSR count). The van der Waals surface area contributed by atoms with Crippen LogP contribution in [0.15, 0.2) is 52.4 Å². The van der Waals surface area contributed by atoms with Crippen LogP contribution < -0.4 is 14.4 Å². The first-order valence-electron chi connectivity index (χ1n) is 12.2. The molecule has 1 amide bonds. The van der Waals surface area contributed by atoms with Crippen molar-refractivity contribution in [2.75, 3.05) is 37.7 Å². The van der Waals surface area contributed by atoms with E-state index in [4.69, 9.17) is 14.5 Å². The van der Waals surface area contributed by atoms with Gasteiger partial charge in [-0.1, -0.05) is 6.07 Å². The lowest BCUT2D eigenvalue weighted by molar-refractivity contribution is -0.122. The first kappa shape index (κ1) is 24.2. The van der Waals surface area contributed by atoms with Gasteiger partial charge < -0.3 is 14.4 Å². The first-order chi connectivity index (χ1) is 16.6. The largest absolute Gasteiger partial charge is 0.490 e. The number of amides is 1. The molecule has 0 unspecified atom stereocenters. The zero-order chi connectivity index (χ0) is 23.9. The van der Waals surface area contributed by atoms with Crippen LogP contribution in [0.25, 0.3) is 6.08 Å². The molecule has 0 aliphatic carbocycles. The molecule has 2 saturated heterocycles. The Labute approximate surface area is 206 Å². The number of hydrogen-bond donors (Lipinski definition) is 0. The van der Waals surface area contributed by atoms with Gasteiger partial charge in [-0.05, 0) is 99.8 Å². The minimum atomic E-state index is -0.0250. The topological polar surface area (TPSA) is 54.4 Å². The molecule has 0 atom stereocenters. The van der Waals surface area contributed by atoms with Crippen molar-refractivity contribution >= 4 is 40.3 Å². The van der Waals surface area contributed by atoms with Crippen LogP contribution in [-0.2, 0) is 4.79 Å². The number of hydrogen-bond acceptors (Lipinski definition) is 6. The monoisotopic (exact) mass is 479 g/mol. The van der Waals surface area contributed by atoms with Crippen LogP contribution in [0.5, 0.6) is 11.5 Å². The van der Waals surface area contributed by atoms with Crippen molar-refractivity contribution in [3.05, 3.63) is 52.9 Å². The molecule has 2 aromatic rings. The van der Waals surface area contributed by atoms with Crippen LogP contribution in [-0.4, -0.2) is 48.8 Å². The number of piperidine rings is 1. The van der Waals surface area contributed by atoms with Crippen LogP contribution in [0.4, 0.5) is 11.4 Å². The fourth-order valence-corrected chi connectivity index (χ4v) is 5.24. The molecule has 0 N–H and O–H groups in total. The van der Waals surface area contributed by atoms with Gasteiger partial charge in [0, 0.05) is 25.3 Å². The third-order valence-corrected chi connectivity index (χ3v) is 6.87. The molecular weight excluding hydrogens is 446 g/mol. The van der Waals surface area contributed by atoms with Crippen LogP contribution in [0.2, 0.25) is 0 Å². The van der Waals surface area contributed by atoms with Gasteiger partial charge in [-0.15, -0.1) is 0 Å². The smallest absolute Gasteiger partial charge is 0.266 e. The zero-order valence-corrected chi connectivity index (χ0v) is 21.1. The molecule has 2 heterocycles. The molecule has 2 aromatic carbocycles. The zero-order valence-electron chi connectivity index (χ0n) is 20.3. The van der Waals surface area contributed by atoms with Crippen molar-refractivity contribution in [1.29, 1.82) is 0 Å². The van der Waals surface area contributed by atoms with E-state index in [1.165, 1.54) is 36.7 Å². The van der Waals surface area contributed by atoms with E-state index in [0.29, 0.717) is 41.3 Å². The van der Waals surface area contributed by atoms with Gasteiger partial charge in [0.1, 0.15) is 0 Å². The minimum Gasteiger partial charge on any atom is -0.490 e. The number of ether oxygens (including phenoxy) is 2. The van der Waals surface area contributed by atoms with E-state index in [2.05, 4.69) is 17.0 Å². The van der Waals surface area contributed by atoms with Gasteiger partial charge in [-0.3, -0.25) is 9.69 Å². The highest BCUT2D eigenvalue weighted by atomic mass is 32.2. The molecule has 2 aliphatic heterocycles. The summed E-state index contributed by atoms with van der Waals surface area (Å²) >= 11 is 1.41. The Hall–Kier alpha value is -2.93. The molecule has 0 saturated carbocycles. The standard InChI is InChI=1S/C27H33N3O3S/c1-4-30-26(31)25(19-20-10-15-23(32-5-2)24(18-20)33-6-3)34-27(30)28-21-11-13-22(14-12-21)29-16-8-7-9-17-29/h10-15,18-19H,4-9,16-17H2,1-3H3/b25-19-,28-27?. The summed E-state index contributed by atoms with van der Waals surface area (Å²) < 4.78 is 11.4. The summed E-state index contributed by atoms with van der Waals surface area (Å²) in [6.45, 7) is 9.78. The fraction of sp³-hybridized carbons (Fsp3) is 0.407. The Morgan fingerprint density at radius 3 is 2.32 bits per heavy atom. The minimum absolute atomic E-state index is 0.0250. The lowest BCUT2D eigenvalue weighted by atomic mass is 10.1. The maximum Gasteiger partial charge on any atom is 0.266 e. The number of benzene rings is 2. The Morgan fingerprint density at radius 1 is 0.941 bits per heavy atom. The van der Waals surface area contributed by atoms with E-state index >= 15 is 0 Å².